The van der Waals surface area contributed by atoms with Crippen LogP contribution in [0.4, 0.5) is 0 Å². The molecule has 1 heterocycles. The molecule has 1 saturated carbocycles. The molecule has 2 aromatic rings. The normalized spacial score (nSPS) is 18.4. The predicted octanol–water partition coefficient (Wildman–Crippen LogP) is 1.96. The SMILES string of the molecule is O=c1[nH]nc(C2(c3ccccc3)CCCC2)[nH]1. The molecule has 0 atom stereocenters. The topological polar surface area (TPSA) is 61.5 Å². The van der Waals surface area contributed by atoms with E-state index >= 15 is 0 Å². The van der Waals surface area contributed by atoms with Crippen molar-refractivity contribution in [2.45, 2.75) is 31.1 Å². The molecule has 0 bridgehead atoms. The van der Waals surface area contributed by atoms with Gasteiger partial charge in [-0.25, -0.2) is 9.89 Å². The summed E-state index contributed by atoms with van der Waals surface area (Å²) in [7, 11) is 0. The number of aromatic nitrogens is 3. The Morgan fingerprint density at radius 2 is 1.82 bits per heavy atom. The maximum atomic E-state index is 11.2. The fraction of sp³-hybridized carbons (Fsp3) is 0.385. The zero-order valence-corrected chi connectivity index (χ0v) is 9.57. The number of aromatic amines is 2. The number of hydrogen-bond acceptors (Lipinski definition) is 2. The molecule has 0 aliphatic heterocycles. The molecule has 17 heavy (non-hydrogen) atoms. The zero-order chi connectivity index (χ0) is 11.7. The fourth-order valence-electron chi connectivity index (χ4n) is 2.89. The minimum Gasteiger partial charge on any atom is -0.292 e. The number of nitrogens with one attached hydrogen (secondary N) is 2. The van der Waals surface area contributed by atoms with Gasteiger partial charge in [0.15, 0.2) is 0 Å². The first-order chi connectivity index (χ1) is 8.31. The standard InChI is InChI=1S/C13H15N3O/c17-12-14-11(15-16-12)13(8-4-5-9-13)10-6-2-1-3-7-10/h1-3,6-7H,4-5,8-9H2,(H2,14,15,16,17). The largest absolute Gasteiger partial charge is 0.340 e. The molecule has 4 heteroatoms. The first-order valence-corrected chi connectivity index (χ1v) is 6.02. The summed E-state index contributed by atoms with van der Waals surface area (Å²) in [6, 6.07) is 10.3. The van der Waals surface area contributed by atoms with E-state index < -0.39 is 0 Å². The van der Waals surface area contributed by atoms with Gasteiger partial charge in [-0.3, -0.25) is 4.98 Å². The summed E-state index contributed by atoms with van der Waals surface area (Å²) in [6.07, 6.45) is 4.48. The molecule has 0 unspecified atom stereocenters. The van der Waals surface area contributed by atoms with Gasteiger partial charge in [-0.15, -0.1) is 0 Å². The van der Waals surface area contributed by atoms with Crippen LogP contribution >= 0.6 is 0 Å². The van der Waals surface area contributed by atoms with Crippen molar-refractivity contribution in [3.8, 4) is 0 Å². The third kappa shape index (κ3) is 1.60. The van der Waals surface area contributed by atoms with Crippen molar-refractivity contribution < 1.29 is 0 Å². The number of benzene rings is 1. The van der Waals surface area contributed by atoms with E-state index in [0.29, 0.717) is 0 Å². The summed E-state index contributed by atoms with van der Waals surface area (Å²) in [6.45, 7) is 0. The molecule has 0 radical (unpaired) electrons. The third-order valence-corrected chi connectivity index (χ3v) is 3.74. The van der Waals surface area contributed by atoms with Gasteiger partial charge < -0.3 is 0 Å². The van der Waals surface area contributed by atoms with Crippen LogP contribution in [0.2, 0.25) is 0 Å². The van der Waals surface area contributed by atoms with Gasteiger partial charge in [0.2, 0.25) is 0 Å². The molecule has 1 aromatic heterocycles. The van der Waals surface area contributed by atoms with Crippen molar-refractivity contribution >= 4 is 0 Å². The Labute approximate surface area is 99.1 Å². The van der Waals surface area contributed by atoms with Gasteiger partial charge in [0.05, 0.1) is 5.41 Å². The average molecular weight is 229 g/mol. The Kier molecular flexibility index (Phi) is 2.35. The lowest BCUT2D eigenvalue weighted by Crippen LogP contribution is -2.26. The van der Waals surface area contributed by atoms with Gasteiger partial charge in [-0.2, -0.15) is 5.10 Å². The van der Waals surface area contributed by atoms with E-state index in [0.717, 1.165) is 18.7 Å². The molecule has 0 amide bonds. The van der Waals surface area contributed by atoms with Crippen LogP contribution in [-0.2, 0) is 5.41 Å². The Hall–Kier alpha value is -1.84. The Bertz CT molecular complexity index is 549. The second kappa shape index (κ2) is 3.87. The van der Waals surface area contributed by atoms with Crippen molar-refractivity contribution in [1.82, 2.24) is 15.2 Å². The highest BCUT2D eigenvalue weighted by Gasteiger charge is 2.40. The Morgan fingerprint density at radius 1 is 1.12 bits per heavy atom. The molecule has 2 N–H and O–H groups in total. The molecule has 0 spiro atoms. The molecule has 1 aromatic carbocycles. The monoisotopic (exact) mass is 229 g/mol. The van der Waals surface area contributed by atoms with Gasteiger partial charge in [0.1, 0.15) is 5.82 Å². The van der Waals surface area contributed by atoms with Gasteiger partial charge in [-0.05, 0) is 18.4 Å². The number of rotatable bonds is 2. The smallest absolute Gasteiger partial charge is 0.292 e. The summed E-state index contributed by atoms with van der Waals surface area (Å²) in [5.74, 6) is 0.784. The van der Waals surface area contributed by atoms with E-state index in [9.17, 15) is 4.79 Å². The van der Waals surface area contributed by atoms with Crippen LogP contribution in [0.3, 0.4) is 0 Å². The minimum atomic E-state index is -0.220. The van der Waals surface area contributed by atoms with Crippen molar-refractivity contribution in [2.24, 2.45) is 0 Å². The van der Waals surface area contributed by atoms with Gasteiger partial charge >= 0.3 is 5.69 Å². The van der Waals surface area contributed by atoms with E-state index in [1.54, 1.807) is 0 Å². The molecule has 0 saturated heterocycles. The van der Waals surface area contributed by atoms with E-state index in [1.807, 2.05) is 18.2 Å². The number of nitrogens with zero attached hydrogens (tertiary/aromatic N) is 1. The Balaban J connectivity index is 2.14. The van der Waals surface area contributed by atoms with E-state index in [2.05, 4.69) is 27.3 Å². The summed E-state index contributed by atoms with van der Waals surface area (Å²) < 4.78 is 0. The van der Waals surface area contributed by atoms with Crippen LogP contribution in [-0.4, -0.2) is 15.2 Å². The lowest BCUT2D eigenvalue weighted by atomic mass is 9.78. The Morgan fingerprint density at radius 3 is 2.41 bits per heavy atom. The summed E-state index contributed by atoms with van der Waals surface area (Å²) >= 11 is 0. The van der Waals surface area contributed by atoms with Gasteiger partial charge in [0, 0.05) is 0 Å². The molecular formula is C13H15N3O. The van der Waals surface area contributed by atoms with E-state index in [1.165, 1.54) is 18.4 Å². The highest BCUT2D eigenvalue weighted by molar-refractivity contribution is 5.33. The quantitative estimate of drug-likeness (QED) is 0.826. The molecule has 1 aliphatic rings. The molecule has 88 valence electrons. The van der Waals surface area contributed by atoms with Crippen LogP contribution in [0.15, 0.2) is 35.1 Å². The summed E-state index contributed by atoms with van der Waals surface area (Å²) in [5.41, 5.74) is 0.933. The van der Waals surface area contributed by atoms with Gasteiger partial charge in [-0.1, -0.05) is 43.2 Å². The number of hydrogen-bond donors (Lipinski definition) is 2. The zero-order valence-electron chi connectivity index (χ0n) is 9.57. The minimum absolute atomic E-state index is 0.0968. The summed E-state index contributed by atoms with van der Waals surface area (Å²) in [5, 5.41) is 6.63. The predicted molar refractivity (Wildman–Crippen MR) is 64.9 cm³/mol. The lowest BCUT2D eigenvalue weighted by Gasteiger charge is -2.26. The second-order valence-corrected chi connectivity index (χ2v) is 4.68. The van der Waals surface area contributed by atoms with E-state index in [4.69, 9.17) is 0 Å². The van der Waals surface area contributed by atoms with Gasteiger partial charge in [0.25, 0.3) is 0 Å². The molecular weight excluding hydrogens is 214 g/mol. The second-order valence-electron chi connectivity index (χ2n) is 4.68. The number of H-pyrrole nitrogens is 2. The first-order valence-electron chi connectivity index (χ1n) is 6.02. The van der Waals surface area contributed by atoms with Crippen molar-refractivity contribution in [3.63, 3.8) is 0 Å². The molecule has 4 nitrogen and oxygen atoms in total. The highest BCUT2D eigenvalue weighted by Crippen LogP contribution is 2.44. The van der Waals surface area contributed by atoms with Crippen molar-refractivity contribution in [2.75, 3.05) is 0 Å². The lowest BCUT2D eigenvalue weighted by molar-refractivity contribution is 0.501. The van der Waals surface area contributed by atoms with Crippen LogP contribution in [0.5, 0.6) is 0 Å². The average Bonchev–Trinajstić information content (AvgIpc) is 2.99. The van der Waals surface area contributed by atoms with Crippen LogP contribution in [0.1, 0.15) is 37.1 Å². The molecule has 1 aliphatic carbocycles. The van der Waals surface area contributed by atoms with Crippen LogP contribution < -0.4 is 5.69 Å². The summed E-state index contributed by atoms with van der Waals surface area (Å²) in [4.78, 5) is 14.1. The first kappa shape index (κ1) is 10.3. The highest BCUT2D eigenvalue weighted by atomic mass is 16.1. The third-order valence-electron chi connectivity index (χ3n) is 3.74. The van der Waals surface area contributed by atoms with Crippen LogP contribution in [0, 0.1) is 0 Å². The van der Waals surface area contributed by atoms with Crippen molar-refractivity contribution in [3.05, 3.63) is 52.2 Å². The van der Waals surface area contributed by atoms with Crippen LogP contribution in [0.25, 0.3) is 0 Å². The maximum absolute atomic E-state index is 11.2. The van der Waals surface area contributed by atoms with E-state index in [-0.39, 0.29) is 11.1 Å². The molecule has 3 rings (SSSR count). The fourth-order valence-corrected chi connectivity index (χ4v) is 2.89. The maximum Gasteiger partial charge on any atom is 0.340 e. The van der Waals surface area contributed by atoms with Crippen molar-refractivity contribution in [1.29, 1.82) is 0 Å². The molecule has 1 fully saturated rings.